The van der Waals surface area contributed by atoms with Gasteiger partial charge in [-0.05, 0) is 20.8 Å². The van der Waals surface area contributed by atoms with Gasteiger partial charge in [-0.3, -0.25) is 5.41 Å². The molecule has 0 spiro atoms. The van der Waals surface area contributed by atoms with Crippen LogP contribution in [0.2, 0.25) is 0 Å². The van der Waals surface area contributed by atoms with Gasteiger partial charge in [0, 0.05) is 13.1 Å². The Balaban J connectivity index is 4.38. The minimum atomic E-state index is -0.643. The zero-order valence-electron chi connectivity index (χ0n) is 8.83. The van der Waals surface area contributed by atoms with Crippen LogP contribution in [-0.4, -0.2) is 35.6 Å². The van der Waals surface area contributed by atoms with Gasteiger partial charge in [0.1, 0.15) is 5.60 Å². The Kier molecular flexibility index (Phi) is 4.36. The van der Waals surface area contributed by atoms with Crippen LogP contribution < -0.4 is 11.5 Å². The van der Waals surface area contributed by atoms with E-state index in [0.717, 1.165) is 4.90 Å². The van der Waals surface area contributed by atoms with Gasteiger partial charge in [0.05, 0.1) is 0 Å². The van der Waals surface area contributed by atoms with E-state index in [-0.39, 0.29) is 19.0 Å². The maximum Gasteiger partial charge on any atom is 0.417 e. The van der Waals surface area contributed by atoms with Gasteiger partial charge in [-0.2, -0.15) is 0 Å². The van der Waals surface area contributed by atoms with Crippen molar-refractivity contribution in [1.82, 2.24) is 4.90 Å². The molecule has 0 radical (unpaired) electrons. The molecule has 0 aliphatic rings. The molecule has 0 aromatic rings. The van der Waals surface area contributed by atoms with E-state index in [2.05, 4.69) is 0 Å². The van der Waals surface area contributed by atoms with Crippen molar-refractivity contribution in [3.05, 3.63) is 0 Å². The van der Waals surface area contributed by atoms with Gasteiger partial charge in [0.2, 0.25) is 0 Å². The van der Waals surface area contributed by atoms with Gasteiger partial charge in [-0.25, -0.2) is 9.69 Å². The van der Waals surface area contributed by atoms with Gasteiger partial charge in [0.15, 0.2) is 5.96 Å². The Morgan fingerprint density at radius 3 is 2.29 bits per heavy atom. The lowest BCUT2D eigenvalue weighted by molar-refractivity contribution is 0.0370. The second kappa shape index (κ2) is 4.80. The molecule has 0 atom stereocenters. The fourth-order valence-corrected chi connectivity index (χ4v) is 0.756. The number of hydrogen-bond acceptors (Lipinski definition) is 4. The zero-order valence-corrected chi connectivity index (χ0v) is 8.83. The summed E-state index contributed by atoms with van der Waals surface area (Å²) in [7, 11) is 0. The molecule has 0 rings (SSSR count). The second-order valence-corrected chi connectivity index (χ2v) is 3.81. The topological polar surface area (TPSA) is 105 Å². The number of nitrogens with zero attached hydrogens (tertiary/aromatic N) is 1. The molecule has 0 aromatic carbocycles. The van der Waals surface area contributed by atoms with Crippen LogP contribution in [0.3, 0.4) is 0 Å². The predicted molar refractivity (Wildman–Crippen MR) is 53.9 cm³/mol. The lowest BCUT2D eigenvalue weighted by Crippen LogP contribution is -2.46. The molecule has 5 N–H and O–H groups in total. The molecule has 1 amide bonds. The average molecular weight is 202 g/mol. The molecule has 82 valence electrons. The van der Waals surface area contributed by atoms with Crippen molar-refractivity contribution in [2.24, 2.45) is 11.5 Å². The van der Waals surface area contributed by atoms with Crippen LogP contribution >= 0.6 is 0 Å². The Hall–Kier alpha value is -1.30. The second-order valence-electron chi connectivity index (χ2n) is 3.81. The van der Waals surface area contributed by atoms with Gasteiger partial charge in [0.25, 0.3) is 0 Å². The number of nitrogens with one attached hydrogen (secondary N) is 1. The molecule has 0 fully saturated rings. The summed E-state index contributed by atoms with van der Waals surface area (Å²) >= 11 is 0. The summed E-state index contributed by atoms with van der Waals surface area (Å²) in [6.07, 6.45) is -0.643. The van der Waals surface area contributed by atoms with Crippen molar-refractivity contribution in [2.75, 3.05) is 13.1 Å². The third kappa shape index (κ3) is 4.66. The molecule has 0 aromatic heterocycles. The van der Waals surface area contributed by atoms with Crippen molar-refractivity contribution >= 4 is 12.1 Å². The molecule has 6 heteroatoms. The van der Waals surface area contributed by atoms with Crippen molar-refractivity contribution in [2.45, 2.75) is 26.4 Å². The molecule has 0 saturated carbocycles. The normalized spacial score (nSPS) is 10.9. The number of amides is 1. The summed E-state index contributed by atoms with van der Waals surface area (Å²) in [5.74, 6) is -0.357. The molecule has 14 heavy (non-hydrogen) atoms. The summed E-state index contributed by atoms with van der Waals surface area (Å²) in [5.41, 5.74) is 9.86. The molecule has 6 nitrogen and oxygen atoms in total. The van der Waals surface area contributed by atoms with Gasteiger partial charge < -0.3 is 16.2 Å². The molecule has 0 saturated heterocycles. The third-order valence-corrected chi connectivity index (χ3v) is 1.26. The highest BCUT2D eigenvalue weighted by atomic mass is 16.6. The Bertz CT molecular complexity index is 222. The van der Waals surface area contributed by atoms with Crippen molar-refractivity contribution in [3.63, 3.8) is 0 Å². The third-order valence-electron chi connectivity index (χ3n) is 1.26. The van der Waals surface area contributed by atoms with E-state index in [0.29, 0.717) is 0 Å². The Labute approximate surface area is 83.7 Å². The number of carbonyl (C=O) groups is 1. The first kappa shape index (κ1) is 12.7. The summed E-state index contributed by atoms with van der Waals surface area (Å²) in [4.78, 5) is 12.4. The maximum absolute atomic E-state index is 11.4. The highest BCUT2D eigenvalue weighted by Gasteiger charge is 2.23. The van der Waals surface area contributed by atoms with Crippen LogP contribution in [0.4, 0.5) is 4.79 Å². The predicted octanol–water partition coefficient (Wildman–Crippen LogP) is 0.0757. The summed E-state index contributed by atoms with van der Waals surface area (Å²) in [6, 6.07) is 0. The first-order chi connectivity index (χ1) is 6.28. The van der Waals surface area contributed by atoms with E-state index in [1.54, 1.807) is 20.8 Å². The number of ether oxygens (including phenoxy) is 1. The van der Waals surface area contributed by atoms with Crippen LogP contribution in [0.15, 0.2) is 0 Å². The monoisotopic (exact) mass is 202 g/mol. The molecule has 0 unspecified atom stereocenters. The van der Waals surface area contributed by atoms with Crippen molar-refractivity contribution < 1.29 is 9.53 Å². The number of rotatable bonds is 2. The first-order valence-corrected chi connectivity index (χ1v) is 4.32. The summed E-state index contributed by atoms with van der Waals surface area (Å²) in [6.45, 7) is 5.64. The Morgan fingerprint density at radius 2 is 2.00 bits per heavy atom. The zero-order chi connectivity index (χ0) is 11.4. The molecule has 0 heterocycles. The minimum absolute atomic E-state index is 0.185. The van der Waals surface area contributed by atoms with Crippen molar-refractivity contribution in [3.8, 4) is 0 Å². The smallest absolute Gasteiger partial charge is 0.417 e. The van der Waals surface area contributed by atoms with E-state index in [1.165, 1.54) is 0 Å². The van der Waals surface area contributed by atoms with Gasteiger partial charge in [-0.15, -0.1) is 0 Å². The molecule has 0 bridgehead atoms. The van der Waals surface area contributed by atoms with E-state index < -0.39 is 11.7 Å². The van der Waals surface area contributed by atoms with E-state index in [1.807, 2.05) is 0 Å². The lowest BCUT2D eigenvalue weighted by atomic mass is 10.2. The fraction of sp³-hybridized carbons (Fsp3) is 0.750. The van der Waals surface area contributed by atoms with Crippen LogP contribution in [0.25, 0.3) is 0 Å². The van der Waals surface area contributed by atoms with E-state index >= 15 is 0 Å². The summed E-state index contributed by atoms with van der Waals surface area (Å²) in [5, 5.41) is 7.14. The molecular weight excluding hydrogens is 184 g/mol. The number of carbonyl (C=O) groups excluding carboxylic acids is 1. The van der Waals surface area contributed by atoms with Crippen LogP contribution in [0, 0.1) is 5.41 Å². The highest BCUT2D eigenvalue weighted by molar-refractivity contribution is 5.91. The van der Waals surface area contributed by atoms with Crippen LogP contribution in [0.1, 0.15) is 20.8 Å². The SMILES string of the molecule is CC(C)(C)OC(=O)N(CCN)C(=N)N. The van der Waals surface area contributed by atoms with Crippen molar-refractivity contribution in [1.29, 1.82) is 5.41 Å². The molecule has 0 aliphatic carbocycles. The Morgan fingerprint density at radius 1 is 1.50 bits per heavy atom. The minimum Gasteiger partial charge on any atom is -0.443 e. The van der Waals surface area contributed by atoms with E-state index in [4.69, 9.17) is 21.6 Å². The van der Waals surface area contributed by atoms with Gasteiger partial charge in [-0.1, -0.05) is 0 Å². The standard InChI is InChI=1S/C8H18N4O2/c1-8(2,3)14-7(13)12(5-4-9)6(10)11/h4-5,9H2,1-3H3,(H3,10,11). The molecular formula is C8H18N4O2. The molecule has 0 aliphatic heterocycles. The quantitative estimate of drug-likeness (QED) is 0.435. The first-order valence-electron chi connectivity index (χ1n) is 4.32. The summed E-state index contributed by atoms with van der Waals surface area (Å²) < 4.78 is 5.02. The van der Waals surface area contributed by atoms with E-state index in [9.17, 15) is 4.79 Å². The van der Waals surface area contributed by atoms with Crippen LogP contribution in [0.5, 0.6) is 0 Å². The number of hydrogen-bond donors (Lipinski definition) is 3. The van der Waals surface area contributed by atoms with Gasteiger partial charge >= 0.3 is 6.09 Å². The largest absolute Gasteiger partial charge is 0.443 e. The number of guanidine groups is 1. The number of nitrogens with two attached hydrogens (primary N) is 2. The highest BCUT2D eigenvalue weighted by Crippen LogP contribution is 2.09. The van der Waals surface area contributed by atoms with Crippen LogP contribution in [-0.2, 0) is 4.74 Å². The fourth-order valence-electron chi connectivity index (χ4n) is 0.756. The average Bonchev–Trinajstić information content (AvgIpc) is 1.95. The maximum atomic E-state index is 11.4. The lowest BCUT2D eigenvalue weighted by Gasteiger charge is -2.25.